The van der Waals surface area contributed by atoms with Crippen molar-refractivity contribution in [1.29, 1.82) is 0 Å². The number of benzene rings is 2. The lowest BCUT2D eigenvalue weighted by atomic mass is 9.98. The van der Waals surface area contributed by atoms with Crippen LogP contribution in [0.3, 0.4) is 0 Å². The zero-order valence-electron chi connectivity index (χ0n) is 12.0. The molecule has 0 atom stereocenters. The zero-order chi connectivity index (χ0) is 15.4. The maximum Gasteiger partial charge on any atom is 0.336 e. The molecule has 0 aliphatic carbocycles. The molecular weight excluding hydrogens is 272 g/mol. The van der Waals surface area contributed by atoms with E-state index in [2.05, 4.69) is 0 Å². The third kappa shape index (κ3) is 2.76. The van der Waals surface area contributed by atoms with Crippen LogP contribution in [0, 0.1) is 0 Å². The number of aromatic carboxylic acids is 1. The largest absolute Gasteiger partial charge is 0.496 e. The molecule has 0 amide bonds. The van der Waals surface area contributed by atoms with Crippen LogP contribution in [0.2, 0.25) is 0 Å². The fourth-order valence-corrected chi connectivity index (χ4v) is 2.14. The predicted molar refractivity (Wildman–Crippen MR) is 78.5 cm³/mol. The lowest BCUT2D eigenvalue weighted by Crippen LogP contribution is -2.01. The third-order valence-corrected chi connectivity index (χ3v) is 3.15. The van der Waals surface area contributed by atoms with Crippen LogP contribution < -0.4 is 14.2 Å². The van der Waals surface area contributed by atoms with E-state index in [1.807, 2.05) is 0 Å². The summed E-state index contributed by atoms with van der Waals surface area (Å²) in [4.78, 5) is 11.4. The number of ether oxygens (including phenoxy) is 3. The van der Waals surface area contributed by atoms with Crippen molar-refractivity contribution in [3.05, 3.63) is 42.0 Å². The normalized spacial score (nSPS) is 10.0. The first-order chi connectivity index (χ1) is 10.1. The maximum atomic E-state index is 11.4. The van der Waals surface area contributed by atoms with E-state index in [1.165, 1.54) is 21.3 Å². The van der Waals surface area contributed by atoms with E-state index in [4.69, 9.17) is 14.2 Å². The van der Waals surface area contributed by atoms with E-state index in [9.17, 15) is 9.90 Å². The van der Waals surface area contributed by atoms with Gasteiger partial charge in [-0.1, -0.05) is 18.2 Å². The summed E-state index contributed by atoms with van der Waals surface area (Å²) >= 11 is 0. The summed E-state index contributed by atoms with van der Waals surface area (Å²) in [5, 5.41) is 9.32. The Morgan fingerprint density at radius 2 is 1.43 bits per heavy atom. The lowest BCUT2D eigenvalue weighted by molar-refractivity contribution is 0.0697. The molecular formula is C16H16O5. The minimum absolute atomic E-state index is 0.197. The van der Waals surface area contributed by atoms with Gasteiger partial charge < -0.3 is 19.3 Å². The molecule has 0 aliphatic heterocycles. The van der Waals surface area contributed by atoms with Gasteiger partial charge in [-0.2, -0.15) is 0 Å². The van der Waals surface area contributed by atoms with Crippen molar-refractivity contribution in [3.63, 3.8) is 0 Å². The van der Waals surface area contributed by atoms with Crippen LogP contribution in [0.1, 0.15) is 10.4 Å². The smallest absolute Gasteiger partial charge is 0.336 e. The Kier molecular flexibility index (Phi) is 4.33. The molecule has 0 heterocycles. The van der Waals surface area contributed by atoms with E-state index < -0.39 is 5.97 Å². The Morgan fingerprint density at radius 1 is 0.857 bits per heavy atom. The van der Waals surface area contributed by atoms with E-state index in [-0.39, 0.29) is 5.56 Å². The molecule has 0 saturated heterocycles. The van der Waals surface area contributed by atoms with Gasteiger partial charge in [0, 0.05) is 17.2 Å². The van der Waals surface area contributed by atoms with Crippen molar-refractivity contribution >= 4 is 5.97 Å². The SMILES string of the molecule is COc1cc(OC)c(-c2ccccc2C(=O)O)cc1OC. The van der Waals surface area contributed by atoms with Gasteiger partial charge in [0.25, 0.3) is 0 Å². The van der Waals surface area contributed by atoms with Gasteiger partial charge in [0.1, 0.15) is 5.75 Å². The van der Waals surface area contributed by atoms with Crippen LogP contribution in [0.4, 0.5) is 0 Å². The van der Waals surface area contributed by atoms with Crippen LogP contribution in [0.5, 0.6) is 17.2 Å². The lowest BCUT2D eigenvalue weighted by Gasteiger charge is -2.15. The molecule has 2 rings (SSSR count). The van der Waals surface area contributed by atoms with Crippen LogP contribution in [-0.2, 0) is 0 Å². The average molecular weight is 288 g/mol. The van der Waals surface area contributed by atoms with Gasteiger partial charge in [0.15, 0.2) is 11.5 Å². The topological polar surface area (TPSA) is 65.0 Å². The molecule has 2 aromatic carbocycles. The molecule has 0 fully saturated rings. The maximum absolute atomic E-state index is 11.4. The van der Waals surface area contributed by atoms with Gasteiger partial charge in [-0.15, -0.1) is 0 Å². The van der Waals surface area contributed by atoms with Crippen LogP contribution in [0.15, 0.2) is 36.4 Å². The number of carboxylic acids is 1. The van der Waals surface area contributed by atoms with Crippen LogP contribution in [0.25, 0.3) is 11.1 Å². The van der Waals surface area contributed by atoms with Crippen molar-refractivity contribution in [3.8, 4) is 28.4 Å². The molecule has 110 valence electrons. The first-order valence-corrected chi connectivity index (χ1v) is 6.25. The fourth-order valence-electron chi connectivity index (χ4n) is 2.14. The van der Waals surface area contributed by atoms with Gasteiger partial charge in [-0.3, -0.25) is 0 Å². The molecule has 0 spiro atoms. The summed E-state index contributed by atoms with van der Waals surface area (Å²) in [5.74, 6) is 0.545. The second-order valence-electron chi connectivity index (χ2n) is 4.26. The predicted octanol–water partition coefficient (Wildman–Crippen LogP) is 3.08. The highest BCUT2D eigenvalue weighted by Gasteiger charge is 2.18. The number of hydrogen-bond acceptors (Lipinski definition) is 4. The monoisotopic (exact) mass is 288 g/mol. The molecule has 2 aromatic rings. The summed E-state index contributed by atoms with van der Waals surface area (Å²) in [6, 6.07) is 10.1. The Morgan fingerprint density at radius 3 is 2.00 bits per heavy atom. The number of carbonyl (C=O) groups is 1. The van der Waals surface area contributed by atoms with Crippen LogP contribution in [-0.4, -0.2) is 32.4 Å². The van der Waals surface area contributed by atoms with Gasteiger partial charge >= 0.3 is 5.97 Å². The number of hydrogen-bond donors (Lipinski definition) is 1. The van der Waals surface area contributed by atoms with Crippen molar-refractivity contribution in [2.75, 3.05) is 21.3 Å². The highest BCUT2D eigenvalue weighted by Crippen LogP contribution is 2.41. The van der Waals surface area contributed by atoms with E-state index >= 15 is 0 Å². The first kappa shape index (κ1) is 14.7. The Balaban J connectivity index is 2.71. The first-order valence-electron chi connectivity index (χ1n) is 6.25. The van der Waals surface area contributed by atoms with Crippen molar-refractivity contribution in [1.82, 2.24) is 0 Å². The van der Waals surface area contributed by atoms with Gasteiger partial charge in [-0.25, -0.2) is 4.79 Å². The molecule has 0 aromatic heterocycles. The Labute approximate surface area is 122 Å². The molecule has 0 radical (unpaired) electrons. The molecule has 0 unspecified atom stereocenters. The minimum atomic E-state index is -0.998. The second kappa shape index (κ2) is 6.17. The van der Waals surface area contributed by atoms with E-state index in [0.717, 1.165) is 0 Å². The molecule has 0 saturated carbocycles. The van der Waals surface area contributed by atoms with Crippen molar-refractivity contribution in [2.24, 2.45) is 0 Å². The standard InChI is InChI=1S/C16H16O5/c1-19-13-9-15(21-3)14(20-2)8-12(13)10-6-4-5-7-11(10)16(17)18/h4-9H,1-3H3,(H,17,18). The highest BCUT2D eigenvalue weighted by atomic mass is 16.5. The summed E-state index contributed by atoms with van der Waals surface area (Å²) in [6.45, 7) is 0. The van der Waals surface area contributed by atoms with Crippen LogP contribution >= 0.6 is 0 Å². The summed E-state index contributed by atoms with van der Waals surface area (Å²) in [5.41, 5.74) is 1.39. The second-order valence-corrected chi connectivity index (χ2v) is 4.26. The molecule has 21 heavy (non-hydrogen) atoms. The van der Waals surface area contributed by atoms with Crippen molar-refractivity contribution in [2.45, 2.75) is 0 Å². The number of methoxy groups -OCH3 is 3. The van der Waals surface area contributed by atoms with Crippen molar-refractivity contribution < 1.29 is 24.1 Å². The quantitative estimate of drug-likeness (QED) is 0.916. The van der Waals surface area contributed by atoms with Gasteiger partial charge in [0.05, 0.1) is 26.9 Å². The summed E-state index contributed by atoms with van der Waals surface area (Å²) in [7, 11) is 4.58. The number of carboxylic acid groups (broad SMARTS) is 1. The number of rotatable bonds is 5. The Bertz CT molecular complexity index is 664. The molecule has 1 N–H and O–H groups in total. The van der Waals surface area contributed by atoms with Gasteiger partial charge in [-0.05, 0) is 12.1 Å². The fraction of sp³-hybridized carbons (Fsp3) is 0.188. The molecule has 0 bridgehead atoms. The average Bonchev–Trinajstić information content (AvgIpc) is 2.53. The van der Waals surface area contributed by atoms with Gasteiger partial charge in [0.2, 0.25) is 0 Å². The molecule has 5 heteroatoms. The third-order valence-electron chi connectivity index (χ3n) is 3.15. The van der Waals surface area contributed by atoms with E-state index in [0.29, 0.717) is 28.4 Å². The Hall–Kier alpha value is -2.69. The molecule has 5 nitrogen and oxygen atoms in total. The summed E-state index contributed by atoms with van der Waals surface area (Å²) < 4.78 is 15.8. The highest BCUT2D eigenvalue weighted by molar-refractivity contribution is 5.97. The summed E-state index contributed by atoms with van der Waals surface area (Å²) in [6.07, 6.45) is 0. The zero-order valence-corrected chi connectivity index (χ0v) is 12.0. The van der Waals surface area contributed by atoms with E-state index in [1.54, 1.807) is 36.4 Å². The minimum Gasteiger partial charge on any atom is -0.496 e. The molecule has 0 aliphatic rings.